The molecule has 0 saturated carbocycles. The Morgan fingerprint density at radius 1 is 1.28 bits per heavy atom. The molecule has 1 aliphatic heterocycles. The van der Waals surface area contributed by atoms with Crippen LogP contribution in [0.1, 0.15) is 19.3 Å². The number of carboxylic acid groups (broad SMARTS) is 1. The fourth-order valence-corrected chi connectivity index (χ4v) is 1.68. The van der Waals surface area contributed by atoms with Crippen molar-refractivity contribution >= 4 is 11.9 Å². The normalized spacial score (nSPS) is 22.9. The van der Waals surface area contributed by atoms with Gasteiger partial charge in [0.15, 0.2) is 6.10 Å². The zero-order chi connectivity index (χ0) is 13.4. The molecule has 1 fully saturated rings. The minimum Gasteiger partial charge on any atom is -0.479 e. The molecule has 7 heteroatoms. The van der Waals surface area contributed by atoms with E-state index in [9.17, 15) is 9.59 Å². The molecule has 2 unspecified atom stereocenters. The van der Waals surface area contributed by atoms with Crippen molar-refractivity contribution in [1.29, 1.82) is 0 Å². The number of aliphatic hydroxyl groups is 1. The van der Waals surface area contributed by atoms with Gasteiger partial charge in [-0.05, 0) is 19.3 Å². The van der Waals surface area contributed by atoms with E-state index in [1.165, 1.54) is 0 Å². The van der Waals surface area contributed by atoms with Gasteiger partial charge in [-0.25, -0.2) is 4.79 Å². The average Bonchev–Trinajstić information content (AvgIpc) is 2.83. The molecule has 1 amide bonds. The van der Waals surface area contributed by atoms with E-state index >= 15 is 0 Å². The molecule has 1 rings (SSSR count). The number of ether oxygens (including phenoxy) is 2. The Morgan fingerprint density at radius 3 is 2.61 bits per heavy atom. The maximum absolute atomic E-state index is 11.6. The summed E-state index contributed by atoms with van der Waals surface area (Å²) in [5.74, 6) is -1.30. The Balaban J connectivity index is 2.09. The highest BCUT2D eigenvalue weighted by molar-refractivity contribution is 5.82. The van der Waals surface area contributed by atoms with Crippen molar-refractivity contribution in [3.05, 3.63) is 0 Å². The summed E-state index contributed by atoms with van der Waals surface area (Å²) in [5, 5.41) is 19.8. The Kier molecular flexibility index (Phi) is 6.63. The van der Waals surface area contributed by atoms with E-state index in [4.69, 9.17) is 19.7 Å². The lowest BCUT2D eigenvalue weighted by atomic mass is 10.2. The van der Waals surface area contributed by atoms with Gasteiger partial charge in [0.1, 0.15) is 6.10 Å². The number of amides is 1. The van der Waals surface area contributed by atoms with Crippen LogP contribution in [-0.2, 0) is 19.1 Å². The molecule has 1 heterocycles. The van der Waals surface area contributed by atoms with Crippen molar-refractivity contribution in [2.45, 2.75) is 31.5 Å². The van der Waals surface area contributed by atoms with Crippen LogP contribution in [0.4, 0.5) is 0 Å². The van der Waals surface area contributed by atoms with Crippen LogP contribution >= 0.6 is 0 Å². The molecule has 0 aromatic rings. The van der Waals surface area contributed by atoms with Crippen molar-refractivity contribution in [3.8, 4) is 0 Å². The van der Waals surface area contributed by atoms with Crippen molar-refractivity contribution in [2.75, 3.05) is 26.4 Å². The monoisotopic (exact) mass is 261 g/mol. The summed E-state index contributed by atoms with van der Waals surface area (Å²) in [6, 6.07) is 0. The zero-order valence-electron chi connectivity index (χ0n) is 10.1. The van der Waals surface area contributed by atoms with Crippen molar-refractivity contribution in [3.63, 3.8) is 0 Å². The quantitative estimate of drug-likeness (QED) is 0.491. The fraction of sp³-hybridized carbons (Fsp3) is 0.818. The lowest BCUT2D eigenvalue weighted by molar-refractivity contribution is -0.151. The third kappa shape index (κ3) is 4.99. The Hall–Kier alpha value is -1.18. The summed E-state index contributed by atoms with van der Waals surface area (Å²) >= 11 is 0. The number of nitrogens with one attached hydrogen (secondary N) is 1. The van der Waals surface area contributed by atoms with Crippen LogP contribution in [0.2, 0.25) is 0 Å². The molecular formula is C11H19NO6. The maximum atomic E-state index is 11.6. The molecular weight excluding hydrogens is 242 g/mol. The lowest BCUT2D eigenvalue weighted by Gasteiger charge is -2.11. The summed E-state index contributed by atoms with van der Waals surface area (Å²) in [7, 11) is 0. The molecule has 0 aliphatic carbocycles. The smallest absolute Gasteiger partial charge is 0.332 e. The second-order valence-electron chi connectivity index (χ2n) is 4.01. The summed E-state index contributed by atoms with van der Waals surface area (Å²) < 4.78 is 10.1. The first kappa shape index (κ1) is 14.9. The average molecular weight is 261 g/mol. The van der Waals surface area contributed by atoms with Gasteiger partial charge in [0.05, 0.1) is 13.2 Å². The summed E-state index contributed by atoms with van der Waals surface area (Å²) in [4.78, 5) is 22.2. The second kappa shape index (κ2) is 8.02. The third-order valence-corrected chi connectivity index (χ3v) is 2.59. The number of carboxylic acids is 1. The van der Waals surface area contributed by atoms with Crippen LogP contribution in [-0.4, -0.2) is 60.7 Å². The van der Waals surface area contributed by atoms with Crippen molar-refractivity contribution < 1.29 is 29.3 Å². The number of rotatable bonds is 8. The van der Waals surface area contributed by atoms with E-state index in [0.717, 1.165) is 0 Å². The Bertz CT molecular complexity index is 283. The molecule has 3 N–H and O–H groups in total. The van der Waals surface area contributed by atoms with E-state index in [0.29, 0.717) is 39.0 Å². The van der Waals surface area contributed by atoms with E-state index in [1.807, 2.05) is 0 Å². The number of hydrogen-bond acceptors (Lipinski definition) is 5. The summed E-state index contributed by atoms with van der Waals surface area (Å²) in [6.07, 6.45) is -0.0874. The van der Waals surface area contributed by atoms with Crippen LogP contribution in [0, 0.1) is 0 Å². The minimum absolute atomic E-state index is 0.0150. The predicted molar refractivity (Wildman–Crippen MR) is 61.1 cm³/mol. The Morgan fingerprint density at radius 2 is 2.00 bits per heavy atom. The highest BCUT2D eigenvalue weighted by atomic mass is 16.5. The van der Waals surface area contributed by atoms with Crippen molar-refractivity contribution in [2.24, 2.45) is 0 Å². The standard InChI is InChI=1S/C11H19NO6/c13-5-7-17-6-1-4-12-10(14)8-2-3-9(18-8)11(15)16/h8-9,13H,1-7H2,(H,12,14)(H,15,16). The van der Waals surface area contributed by atoms with Gasteiger partial charge in [-0.2, -0.15) is 0 Å². The van der Waals surface area contributed by atoms with Crippen LogP contribution in [0.5, 0.6) is 0 Å². The molecule has 0 aromatic heterocycles. The highest BCUT2D eigenvalue weighted by Gasteiger charge is 2.34. The first-order valence-corrected chi connectivity index (χ1v) is 5.99. The number of aliphatic hydroxyl groups excluding tert-OH is 1. The highest BCUT2D eigenvalue weighted by Crippen LogP contribution is 2.19. The van der Waals surface area contributed by atoms with Crippen LogP contribution in [0.25, 0.3) is 0 Å². The Labute approximate surface area is 105 Å². The van der Waals surface area contributed by atoms with E-state index in [-0.39, 0.29) is 12.5 Å². The predicted octanol–water partition coefficient (Wildman–Crippen LogP) is -0.866. The second-order valence-corrected chi connectivity index (χ2v) is 4.01. The van der Waals surface area contributed by atoms with E-state index in [2.05, 4.69) is 5.32 Å². The van der Waals surface area contributed by atoms with Gasteiger partial charge in [0, 0.05) is 13.2 Å². The summed E-state index contributed by atoms with van der Waals surface area (Å²) in [5.41, 5.74) is 0. The summed E-state index contributed by atoms with van der Waals surface area (Å²) in [6.45, 7) is 1.19. The lowest BCUT2D eigenvalue weighted by Crippen LogP contribution is -2.36. The molecule has 1 saturated heterocycles. The largest absolute Gasteiger partial charge is 0.479 e. The first-order chi connectivity index (χ1) is 8.65. The molecule has 0 bridgehead atoms. The van der Waals surface area contributed by atoms with Crippen LogP contribution in [0.15, 0.2) is 0 Å². The van der Waals surface area contributed by atoms with Crippen LogP contribution < -0.4 is 5.32 Å². The number of carbonyl (C=O) groups excluding carboxylic acids is 1. The molecule has 104 valence electrons. The number of carbonyl (C=O) groups is 2. The number of hydrogen-bond donors (Lipinski definition) is 3. The van der Waals surface area contributed by atoms with Gasteiger partial charge < -0.3 is 25.0 Å². The molecule has 0 aromatic carbocycles. The van der Waals surface area contributed by atoms with Gasteiger partial charge in [-0.1, -0.05) is 0 Å². The van der Waals surface area contributed by atoms with Gasteiger partial charge in [-0.3, -0.25) is 4.79 Å². The van der Waals surface area contributed by atoms with Crippen molar-refractivity contribution in [1.82, 2.24) is 5.32 Å². The number of aliphatic carboxylic acids is 1. The molecule has 1 aliphatic rings. The third-order valence-electron chi connectivity index (χ3n) is 2.59. The van der Waals surface area contributed by atoms with Crippen LogP contribution in [0.3, 0.4) is 0 Å². The molecule has 0 radical (unpaired) electrons. The zero-order valence-corrected chi connectivity index (χ0v) is 10.1. The molecule has 2 atom stereocenters. The van der Waals surface area contributed by atoms with Gasteiger partial charge in [-0.15, -0.1) is 0 Å². The fourth-order valence-electron chi connectivity index (χ4n) is 1.68. The SMILES string of the molecule is O=C(O)C1CCC(C(=O)NCCCOCCO)O1. The molecule has 18 heavy (non-hydrogen) atoms. The van der Waals surface area contributed by atoms with E-state index in [1.54, 1.807) is 0 Å². The van der Waals surface area contributed by atoms with E-state index < -0.39 is 18.2 Å². The maximum Gasteiger partial charge on any atom is 0.332 e. The van der Waals surface area contributed by atoms with Gasteiger partial charge in [0.2, 0.25) is 5.91 Å². The minimum atomic E-state index is -1.03. The first-order valence-electron chi connectivity index (χ1n) is 5.99. The molecule has 0 spiro atoms. The topological polar surface area (TPSA) is 105 Å². The molecule has 7 nitrogen and oxygen atoms in total. The van der Waals surface area contributed by atoms with Gasteiger partial charge >= 0.3 is 5.97 Å². The van der Waals surface area contributed by atoms with Gasteiger partial charge in [0.25, 0.3) is 0 Å².